The summed E-state index contributed by atoms with van der Waals surface area (Å²) in [7, 11) is 0. The average molecular weight is 695 g/mol. The van der Waals surface area contributed by atoms with E-state index in [0.29, 0.717) is 11.8 Å². The molecule has 0 spiro atoms. The van der Waals surface area contributed by atoms with E-state index >= 15 is 0 Å². The second-order valence-corrected chi connectivity index (χ2v) is 69.8. The quantitative estimate of drug-likeness (QED) is 0.284. The summed E-state index contributed by atoms with van der Waals surface area (Å²) in [5.74, 6) is 1.10. The van der Waals surface area contributed by atoms with Crippen LogP contribution in [0.5, 0.6) is 0 Å². The van der Waals surface area contributed by atoms with E-state index in [9.17, 15) is 0 Å². The molecule has 0 N–H and O–H groups in total. The fraction of sp³-hybridized carbons (Fsp3) is 0.286. The first kappa shape index (κ1) is 27.6. The molecule has 0 aromatic heterocycles. The Morgan fingerprint density at radius 3 is 1.25 bits per heavy atom. The largest absolute Gasteiger partial charge is 0.147 e. The van der Waals surface area contributed by atoms with E-state index in [4.69, 9.17) is 0 Å². The summed E-state index contributed by atoms with van der Waals surface area (Å²) in [5.41, 5.74) is 8.83. The minimum absolute atomic E-state index is 0. The Morgan fingerprint density at radius 2 is 0.938 bits per heavy atom. The molecule has 0 saturated heterocycles. The first-order chi connectivity index (χ1) is 14.1. The Labute approximate surface area is 212 Å². The maximum Gasteiger partial charge on any atom is -0.147 e. The Morgan fingerprint density at radius 1 is 0.625 bits per heavy atom. The summed E-state index contributed by atoms with van der Waals surface area (Å²) in [6, 6.07) is 22.0. The van der Waals surface area contributed by atoms with E-state index in [1.807, 2.05) is 6.66 Å². The van der Waals surface area contributed by atoms with Crippen LogP contribution in [0.3, 0.4) is 0 Å². The molecular weight excluding hydrogens is 658 g/mol. The molecule has 0 bridgehead atoms. The van der Waals surface area contributed by atoms with Gasteiger partial charge in [0.15, 0.2) is 0 Å². The zero-order chi connectivity index (χ0) is 21.7. The fourth-order valence-electron chi connectivity index (χ4n) is 6.56. The van der Waals surface area contributed by atoms with Crippen LogP contribution in [0.4, 0.5) is 0 Å². The molecule has 0 aliphatic heterocycles. The first-order valence-corrected chi connectivity index (χ1v) is 36.6. The Balaban J connectivity index is 0.00000181. The van der Waals surface area contributed by atoms with Crippen molar-refractivity contribution in [3.05, 3.63) is 102 Å². The van der Waals surface area contributed by atoms with Crippen molar-refractivity contribution in [1.29, 1.82) is 0 Å². The van der Waals surface area contributed by atoms with Gasteiger partial charge in [-0.2, -0.15) is 0 Å². The van der Waals surface area contributed by atoms with Crippen LogP contribution in [0.15, 0.2) is 90.6 Å². The molecule has 4 heteroatoms. The Kier molecular flexibility index (Phi) is 8.59. The normalized spacial score (nSPS) is 21.1. The van der Waals surface area contributed by atoms with Gasteiger partial charge in [0.05, 0.1) is 0 Å². The minimum atomic E-state index is -3.40. The van der Waals surface area contributed by atoms with Gasteiger partial charge in [-0.25, -0.2) is 0 Å². The van der Waals surface area contributed by atoms with Crippen LogP contribution in [0.1, 0.15) is 38.8 Å². The van der Waals surface area contributed by atoms with E-state index in [1.165, 1.54) is 34.5 Å². The van der Waals surface area contributed by atoms with Gasteiger partial charge in [-0.15, -0.1) is 24.8 Å². The molecule has 2 aliphatic carbocycles. The molecule has 0 radical (unpaired) electrons. The third-order valence-corrected chi connectivity index (χ3v) is 38.7. The van der Waals surface area contributed by atoms with Crippen molar-refractivity contribution < 1.29 is 15.4 Å². The second kappa shape index (κ2) is 9.94. The topological polar surface area (TPSA) is 0 Å². The third kappa shape index (κ3) is 4.65. The Hall–Kier alpha value is -0.607. The van der Waals surface area contributed by atoms with E-state index in [-0.39, 0.29) is 24.8 Å². The average Bonchev–Trinajstić information content (AvgIpc) is 3.19. The number of rotatable bonds is 4. The van der Waals surface area contributed by atoms with Crippen molar-refractivity contribution in [2.24, 2.45) is 11.8 Å². The van der Waals surface area contributed by atoms with Gasteiger partial charge < -0.3 is 0 Å². The summed E-state index contributed by atoms with van der Waals surface area (Å²) < 4.78 is 9.11. The molecule has 170 valence electrons. The molecule has 0 nitrogen and oxygen atoms in total. The SMILES string of the molecule is CC1=[C]([Hf]([CH3])([CH3])(=[GeH2])[C]2=C(C)C(c3ccccc3)=CC2C)C(C)C=C1c1ccccc1.Cl.Cl. The first-order valence-electron chi connectivity index (χ1n) is 11.2. The maximum absolute atomic E-state index is 3.40. The van der Waals surface area contributed by atoms with Gasteiger partial charge in [0, 0.05) is 0 Å². The fourth-order valence-corrected chi connectivity index (χ4v) is 48.5. The maximum atomic E-state index is 2.73. The van der Waals surface area contributed by atoms with Crippen molar-refractivity contribution in [2.45, 2.75) is 37.1 Å². The molecule has 2 aromatic rings. The van der Waals surface area contributed by atoms with Crippen molar-refractivity contribution in [3.63, 3.8) is 0 Å². The smallest absolute Gasteiger partial charge is 0.147 e. The number of benzene rings is 2. The Bertz CT molecular complexity index is 1110. The van der Waals surface area contributed by atoms with E-state index in [2.05, 4.69) is 110 Å². The molecule has 0 amide bonds. The number of allylic oxidation sites excluding steroid dienone is 8. The molecule has 0 fully saturated rings. The summed E-state index contributed by atoms with van der Waals surface area (Å²) in [6.45, 7) is 9.68. The summed E-state index contributed by atoms with van der Waals surface area (Å²) >= 11 is -1.98. The molecular formula is C28H36Cl2GeHf. The molecule has 0 saturated carbocycles. The third-order valence-electron chi connectivity index (χ3n) is 7.26. The number of halogens is 2. The van der Waals surface area contributed by atoms with Gasteiger partial charge in [-0.3, -0.25) is 0 Å². The molecule has 2 aromatic carbocycles. The van der Waals surface area contributed by atoms with Gasteiger partial charge in [0.2, 0.25) is 0 Å². The van der Waals surface area contributed by atoms with Crippen LogP contribution in [0, 0.1) is 11.8 Å². The second-order valence-electron chi connectivity index (χ2n) is 10.2. The van der Waals surface area contributed by atoms with Crippen molar-refractivity contribution in [3.8, 4) is 0 Å². The summed E-state index contributed by atoms with van der Waals surface area (Å²) in [5, 5.41) is 0. The van der Waals surface area contributed by atoms with Gasteiger partial charge in [-0.05, 0) is 0 Å². The van der Waals surface area contributed by atoms with Crippen molar-refractivity contribution in [2.75, 3.05) is 0 Å². The molecule has 0 heterocycles. The molecule has 32 heavy (non-hydrogen) atoms. The van der Waals surface area contributed by atoms with Crippen LogP contribution in [-0.2, 0) is 15.4 Å². The van der Waals surface area contributed by atoms with E-state index in [1.54, 1.807) is 11.1 Å². The zero-order valence-corrected chi connectivity index (χ0v) is 28.3. The van der Waals surface area contributed by atoms with Gasteiger partial charge in [-0.1, -0.05) is 0 Å². The van der Waals surface area contributed by atoms with Gasteiger partial charge in [0.1, 0.15) is 0 Å². The van der Waals surface area contributed by atoms with E-state index < -0.39 is 15.4 Å². The summed E-state index contributed by atoms with van der Waals surface area (Å²) in [6.07, 6.45) is 5.08. The van der Waals surface area contributed by atoms with Crippen LogP contribution in [-0.4, -0.2) is 12.2 Å². The predicted molar refractivity (Wildman–Crippen MR) is 147 cm³/mol. The van der Waals surface area contributed by atoms with Crippen molar-refractivity contribution >= 4 is 48.2 Å². The van der Waals surface area contributed by atoms with Crippen LogP contribution in [0.2, 0.25) is 9.36 Å². The van der Waals surface area contributed by atoms with Crippen LogP contribution in [0.25, 0.3) is 11.1 Å². The minimum Gasteiger partial charge on any atom is -0.147 e. The van der Waals surface area contributed by atoms with Gasteiger partial charge >= 0.3 is 189 Å². The zero-order valence-electron chi connectivity index (χ0n) is 20.1. The van der Waals surface area contributed by atoms with Crippen molar-refractivity contribution in [1.82, 2.24) is 0 Å². The number of hydrogen-bond acceptors (Lipinski definition) is 0. The molecule has 2 unspecified atom stereocenters. The van der Waals surface area contributed by atoms with Crippen LogP contribution < -0.4 is 0 Å². The molecule has 2 atom stereocenters. The molecule has 2 aliphatic rings. The predicted octanol–water partition coefficient (Wildman–Crippen LogP) is 8.18. The molecule has 4 rings (SSSR count). The number of hydrogen-bond donors (Lipinski definition) is 0. The van der Waals surface area contributed by atoms with E-state index in [0.717, 1.165) is 0 Å². The van der Waals surface area contributed by atoms with Gasteiger partial charge in [0.25, 0.3) is 0 Å². The standard InChI is InChI=1S/2C13H13.2CH3.2ClH.GeH2.Hf/c2*1-10-8-11(2)13(9-10)12-6-4-3-5-7-12;;;;;;/h2*3-7,9-10H,1-2H3;2*1H3;2*1H;1H2;. The van der Waals surface area contributed by atoms with Crippen LogP contribution >= 0.6 is 24.8 Å². The monoisotopic (exact) mass is 696 g/mol. The summed E-state index contributed by atoms with van der Waals surface area (Å²) in [4.78, 5) is 0.